The molecule has 0 fully saturated rings. The number of hydrogen-bond donors (Lipinski definition) is 1. The highest BCUT2D eigenvalue weighted by Crippen LogP contribution is 2.18. The van der Waals surface area contributed by atoms with Gasteiger partial charge in [0.15, 0.2) is 11.0 Å². The molecule has 0 amide bonds. The van der Waals surface area contributed by atoms with Crippen molar-refractivity contribution in [3.63, 3.8) is 0 Å². The van der Waals surface area contributed by atoms with Gasteiger partial charge in [-0.05, 0) is 0 Å². The fourth-order valence-electron chi connectivity index (χ4n) is 0.662. The van der Waals surface area contributed by atoms with Crippen molar-refractivity contribution in [2.24, 2.45) is 0 Å². The van der Waals surface area contributed by atoms with Gasteiger partial charge in [-0.25, -0.2) is 9.97 Å². The summed E-state index contributed by atoms with van der Waals surface area (Å²) >= 11 is 5.72. The van der Waals surface area contributed by atoms with E-state index in [-0.39, 0.29) is 0 Å². The normalized spacial score (nSPS) is 9.73. The summed E-state index contributed by atoms with van der Waals surface area (Å²) in [6.45, 7) is 0. The van der Waals surface area contributed by atoms with Gasteiger partial charge in [0.2, 0.25) is 0 Å². The first-order valence-corrected chi connectivity index (χ1v) is 3.44. The Morgan fingerprint density at radius 3 is 2.64 bits per heavy atom. The molecule has 60 valence electrons. The van der Waals surface area contributed by atoms with E-state index in [0.29, 0.717) is 16.8 Å². The number of nitrogens with two attached hydrogens (primary N) is 1. The Hall–Kier alpha value is -1.03. The second kappa shape index (κ2) is 2.92. The van der Waals surface area contributed by atoms with Crippen LogP contribution in [-0.4, -0.2) is 24.1 Å². The van der Waals surface area contributed by atoms with Gasteiger partial charge >= 0.3 is 0 Å². The van der Waals surface area contributed by atoms with Gasteiger partial charge in [0, 0.05) is 14.1 Å². The molecule has 11 heavy (non-hydrogen) atoms. The number of rotatable bonds is 1. The van der Waals surface area contributed by atoms with E-state index < -0.39 is 0 Å². The topological polar surface area (TPSA) is 55.0 Å². The van der Waals surface area contributed by atoms with Crippen LogP contribution >= 0.6 is 11.6 Å². The maximum absolute atomic E-state index is 5.72. The second-order valence-electron chi connectivity index (χ2n) is 2.30. The molecule has 0 atom stereocenters. The smallest absolute Gasteiger partial charge is 0.171 e. The number of nitrogens with zero attached hydrogens (tertiary/aromatic N) is 3. The third kappa shape index (κ3) is 1.71. The van der Waals surface area contributed by atoms with E-state index in [1.165, 1.54) is 6.20 Å². The highest BCUT2D eigenvalue weighted by molar-refractivity contribution is 6.31. The lowest BCUT2D eigenvalue weighted by Gasteiger charge is -2.11. The van der Waals surface area contributed by atoms with Crippen molar-refractivity contribution in [3.8, 4) is 0 Å². The molecule has 0 bridgehead atoms. The van der Waals surface area contributed by atoms with Crippen LogP contribution in [0.4, 0.5) is 11.6 Å². The van der Waals surface area contributed by atoms with Crippen molar-refractivity contribution in [2.45, 2.75) is 0 Å². The van der Waals surface area contributed by atoms with E-state index in [0.717, 1.165) is 0 Å². The molecule has 0 aliphatic rings. The summed E-state index contributed by atoms with van der Waals surface area (Å²) in [5.41, 5.74) is 5.41. The van der Waals surface area contributed by atoms with Gasteiger partial charge in [-0.15, -0.1) is 0 Å². The number of halogens is 1. The molecule has 4 nitrogen and oxygen atoms in total. The standard InChI is InChI=1S/C6H9ClN4/c1-11(2)6-5(7)9-3-4(8)10-6/h3H,1-2H3,(H2,8,10). The summed E-state index contributed by atoms with van der Waals surface area (Å²) in [6.07, 6.45) is 1.43. The predicted octanol–water partition coefficient (Wildman–Crippen LogP) is 0.778. The molecule has 1 rings (SSSR count). The number of nitrogen functional groups attached to an aromatic ring is 1. The Labute approximate surface area is 70.0 Å². The number of anilines is 2. The average Bonchev–Trinajstić information content (AvgIpc) is 1.94. The zero-order chi connectivity index (χ0) is 8.43. The summed E-state index contributed by atoms with van der Waals surface area (Å²) in [5.74, 6) is 0.963. The number of aromatic nitrogens is 2. The summed E-state index contributed by atoms with van der Waals surface area (Å²) in [7, 11) is 3.66. The lowest BCUT2D eigenvalue weighted by atomic mass is 10.6. The molecule has 0 saturated carbocycles. The van der Waals surface area contributed by atoms with Crippen molar-refractivity contribution in [3.05, 3.63) is 11.3 Å². The Kier molecular flexibility index (Phi) is 2.14. The molecule has 0 radical (unpaired) electrons. The van der Waals surface area contributed by atoms with Gasteiger partial charge in [-0.1, -0.05) is 11.6 Å². The molecule has 0 aliphatic carbocycles. The van der Waals surface area contributed by atoms with E-state index in [2.05, 4.69) is 9.97 Å². The first kappa shape index (κ1) is 8.07. The third-order valence-electron chi connectivity index (χ3n) is 1.15. The van der Waals surface area contributed by atoms with Gasteiger partial charge in [0.1, 0.15) is 5.82 Å². The average molecular weight is 173 g/mol. The Balaban J connectivity index is 3.13. The Morgan fingerprint density at radius 2 is 2.18 bits per heavy atom. The molecule has 5 heteroatoms. The molecule has 2 N–H and O–H groups in total. The van der Waals surface area contributed by atoms with Gasteiger partial charge in [-0.2, -0.15) is 0 Å². The molecular weight excluding hydrogens is 164 g/mol. The van der Waals surface area contributed by atoms with Crippen LogP contribution in [0.5, 0.6) is 0 Å². The van der Waals surface area contributed by atoms with Crippen LogP contribution in [0, 0.1) is 0 Å². The van der Waals surface area contributed by atoms with Gasteiger partial charge in [-0.3, -0.25) is 0 Å². The highest BCUT2D eigenvalue weighted by Gasteiger charge is 2.04. The molecule has 0 aromatic carbocycles. The maximum Gasteiger partial charge on any atom is 0.171 e. The lowest BCUT2D eigenvalue weighted by Crippen LogP contribution is -2.12. The van der Waals surface area contributed by atoms with Crippen molar-refractivity contribution in [1.82, 2.24) is 9.97 Å². The first-order chi connectivity index (χ1) is 5.11. The quantitative estimate of drug-likeness (QED) is 0.680. The predicted molar refractivity (Wildman–Crippen MR) is 45.8 cm³/mol. The van der Waals surface area contributed by atoms with Gasteiger partial charge in [0.05, 0.1) is 6.20 Å². The van der Waals surface area contributed by atoms with Crippen molar-refractivity contribution in [1.29, 1.82) is 0 Å². The van der Waals surface area contributed by atoms with Crippen LogP contribution in [0.2, 0.25) is 5.15 Å². The largest absolute Gasteiger partial charge is 0.382 e. The van der Waals surface area contributed by atoms with Gasteiger partial charge < -0.3 is 10.6 Å². The van der Waals surface area contributed by atoms with Crippen molar-refractivity contribution in [2.75, 3.05) is 24.7 Å². The van der Waals surface area contributed by atoms with Crippen LogP contribution in [0.25, 0.3) is 0 Å². The molecule has 0 saturated heterocycles. The van der Waals surface area contributed by atoms with Crippen LogP contribution in [0.3, 0.4) is 0 Å². The summed E-state index contributed by atoms with van der Waals surface area (Å²) < 4.78 is 0. The molecule has 0 aliphatic heterocycles. The van der Waals surface area contributed by atoms with E-state index in [1.54, 1.807) is 4.90 Å². The summed E-state index contributed by atoms with van der Waals surface area (Å²) in [4.78, 5) is 9.57. The van der Waals surface area contributed by atoms with E-state index >= 15 is 0 Å². The second-order valence-corrected chi connectivity index (χ2v) is 2.66. The summed E-state index contributed by atoms with van der Waals surface area (Å²) in [5, 5.41) is 0.365. The van der Waals surface area contributed by atoms with Crippen LogP contribution in [-0.2, 0) is 0 Å². The van der Waals surface area contributed by atoms with Crippen LogP contribution in [0.15, 0.2) is 6.20 Å². The van der Waals surface area contributed by atoms with Crippen LogP contribution < -0.4 is 10.6 Å². The number of hydrogen-bond acceptors (Lipinski definition) is 4. The third-order valence-corrected chi connectivity index (χ3v) is 1.42. The van der Waals surface area contributed by atoms with Crippen molar-refractivity contribution < 1.29 is 0 Å². The fourth-order valence-corrected chi connectivity index (χ4v) is 0.922. The molecule has 0 spiro atoms. The molecule has 1 aromatic heterocycles. The van der Waals surface area contributed by atoms with Crippen molar-refractivity contribution >= 4 is 23.2 Å². The van der Waals surface area contributed by atoms with E-state index in [4.69, 9.17) is 17.3 Å². The monoisotopic (exact) mass is 172 g/mol. The fraction of sp³-hybridized carbons (Fsp3) is 0.333. The Bertz CT molecular complexity index is 261. The molecule has 1 heterocycles. The first-order valence-electron chi connectivity index (χ1n) is 3.06. The SMILES string of the molecule is CN(C)c1nc(N)cnc1Cl. The van der Waals surface area contributed by atoms with E-state index in [9.17, 15) is 0 Å². The summed E-state index contributed by atoms with van der Waals surface area (Å²) in [6, 6.07) is 0. The van der Waals surface area contributed by atoms with Crippen LogP contribution in [0.1, 0.15) is 0 Å². The molecule has 0 unspecified atom stereocenters. The maximum atomic E-state index is 5.72. The lowest BCUT2D eigenvalue weighted by molar-refractivity contribution is 1.05. The molecular formula is C6H9ClN4. The molecule has 1 aromatic rings. The minimum Gasteiger partial charge on any atom is -0.382 e. The highest BCUT2D eigenvalue weighted by atomic mass is 35.5. The minimum absolute atomic E-state index is 0.365. The Morgan fingerprint density at radius 1 is 1.55 bits per heavy atom. The zero-order valence-corrected chi connectivity index (χ0v) is 7.13. The van der Waals surface area contributed by atoms with Gasteiger partial charge in [0.25, 0.3) is 0 Å². The zero-order valence-electron chi connectivity index (χ0n) is 6.37. The van der Waals surface area contributed by atoms with E-state index in [1.807, 2.05) is 14.1 Å². The minimum atomic E-state index is 0.365.